The van der Waals surface area contributed by atoms with Crippen LogP contribution in [-0.4, -0.2) is 39.2 Å². The molecule has 184 valence electrons. The second-order valence-corrected chi connectivity index (χ2v) is 9.99. The molecule has 1 amide bonds. The van der Waals surface area contributed by atoms with Crippen LogP contribution in [0.25, 0.3) is 17.0 Å². The van der Waals surface area contributed by atoms with E-state index in [4.69, 9.17) is 16.3 Å². The van der Waals surface area contributed by atoms with E-state index in [1.165, 1.54) is 11.8 Å². The molecule has 2 aliphatic rings. The van der Waals surface area contributed by atoms with E-state index in [2.05, 4.69) is 10.3 Å². The van der Waals surface area contributed by atoms with Gasteiger partial charge in [0.1, 0.15) is 22.9 Å². The number of nitrogens with one attached hydrogen (secondary N) is 1. The summed E-state index contributed by atoms with van der Waals surface area (Å²) in [6, 6.07) is 14.9. The van der Waals surface area contributed by atoms with Crippen molar-refractivity contribution in [2.45, 2.75) is 32.4 Å². The normalized spacial score (nSPS) is 17.8. The van der Waals surface area contributed by atoms with Gasteiger partial charge in [-0.05, 0) is 56.2 Å². The van der Waals surface area contributed by atoms with Gasteiger partial charge in [-0.25, -0.2) is 9.79 Å². The fraction of sp³-hybridized carbons (Fsp3) is 0.222. The zero-order valence-corrected chi connectivity index (χ0v) is 21.1. The molecular formula is C27H24ClN3O4S. The number of esters is 1. The van der Waals surface area contributed by atoms with Crippen molar-refractivity contribution in [1.82, 2.24) is 9.88 Å². The van der Waals surface area contributed by atoms with Gasteiger partial charge in [0, 0.05) is 33.7 Å². The maximum Gasteiger partial charge on any atom is 0.344 e. The highest BCUT2D eigenvalue weighted by atomic mass is 35.5. The number of hydrogen-bond donors (Lipinski definition) is 2. The van der Waals surface area contributed by atoms with Gasteiger partial charge >= 0.3 is 5.97 Å². The molecule has 0 atom stereocenters. The van der Waals surface area contributed by atoms with Gasteiger partial charge in [-0.15, -0.1) is 0 Å². The van der Waals surface area contributed by atoms with E-state index in [9.17, 15) is 14.7 Å². The van der Waals surface area contributed by atoms with Crippen LogP contribution in [0.3, 0.4) is 0 Å². The van der Waals surface area contributed by atoms with Crippen molar-refractivity contribution in [3.05, 3.63) is 81.6 Å². The smallest absolute Gasteiger partial charge is 0.344 e. The van der Waals surface area contributed by atoms with Crippen molar-refractivity contribution < 1.29 is 19.4 Å². The lowest BCUT2D eigenvalue weighted by molar-refractivity contribution is -0.138. The summed E-state index contributed by atoms with van der Waals surface area (Å²) in [4.78, 5) is 30.2. The number of aliphatic hydroxyl groups is 1. The molecule has 0 spiro atoms. The van der Waals surface area contributed by atoms with Gasteiger partial charge < -0.3 is 19.7 Å². The van der Waals surface area contributed by atoms with Crippen LogP contribution in [0.15, 0.2) is 76.0 Å². The number of halogens is 1. The fourth-order valence-electron chi connectivity index (χ4n) is 3.94. The fourth-order valence-corrected chi connectivity index (χ4v) is 5.09. The molecule has 1 saturated carbocycles. The van der Waals surface area contributed by atoms with Crippen LogP contribution in [0.4, 0.5) is 5.69 Å². The number of benzene rings is 2. The van der Waals surface area contributed by atoms with Crippen LogP contribution >= 0.6 is 23.4 Å². The molecule has 1 aromatic heterocycles. The van der Waals surface area contributed by atoms with Crippen molar-refractivity contribution in [2.75, 3.05) is 6.61 Å². The number of nitrogens with zero attached hydrogens (tertiary/aromatic N) is 2. The molecule has 1 fully saturated rings. The third kappa shape index (κ3) is 5.20. The number of aromatic nitrogens is 1. The SMILES string of the molecule is CCOC(=O)C1=C(O)/C(=C\c2cn(CC(=O)NC3CC3)c3ccccc23)SC1=Nc1ccc(Cl)cc1. The topological polar surface area (TPSA) is 92.9 Å². The maximum atomic E-state index is 12.7. The Labute approximate surface area is 217 Å². The van der Waals surface area contributed by atoms with Crippen LogP contribution in [0.1, 0.15) is 25.3 Å². The summed E-state index contributed by atoms with van der Waals surface area (Å²) < 4.78 is 7.09. The van der Waals surface area contributed by atoms with E-state index in [1.54, 1.807) is 37.3 Å². The number of carbonyl (C=O) groups excluding carboxylic acids is 2. The van der Waals surface area contributed by atoms with Gasteiger partial charge in [-0.2, -0.15) is 0 Å². The Morgan fingerprint density at radius 3 is 2.69 bits per heavy atom. The molecule has 0 saturated heterocycles. The first-order valence-corrected chi connectivity index (χ1v) is 12.8. The van der Waals surface area contributed by atoms with Crippen molar-refractivity contribution in [2.24, 2.45) is 4.99 Å². The largest absolute Gasteiger partial charge is 0.506 e. The number of aliphatic imine (C=N–C) groups is 1. The van der Waals surface area contributed by atoms with E-state index in [1.807, 2.05) is 35.0 Å². The van der Waals surface area contributed by atoms with E-state index in [-0.39, 0.29) is 36.4 Å². The van der Waals surface area contributed by atoms with Crippen molar-refractivity contribution in [3.8, 4) is 0 Å². The molecule has 5 rings (SSSR count). The van der Waals surface area contributed by atoms with Crippen LogP contribution in [0, 0.1) is 0 Å². The second-order valence-electron chi connectivity index (χ2n) is 8.52. The summed E-state index contributed by atoms with van der Waals surface area (Å²) in [5, 5.41) is 15.9. The number of aliphatic hydroxyl groups excluding tert-OH is 1. The first-order chi connectivity index (χ1) is 17.4. The Balaban J connectivity index is 1.52. The Hall–Kier alpha value is -3.49. The van der Waals surface area contributed by atoms with Gasteiger partial charge in [0.15, 0.2) is 0 Å². The molecule has 1 aliphatic carbocycles. The quantitative estimate of drug-likeness (QED) is 0.385. The summed E-state index contributed by atoms with van der Waals surface area (Å²) >= 11 is 7.17. The van der Waals surface area contributed by atoms with E-state index < -0.39 is 5.97 Å². The third-order valence-corrected chi connectivity index (χ3v) is 7.06. The second kappa shape index (κ2) is 10.2. The monoisotopic (exact) mass is 521 g/mol. The number of rotatable bonds is 7. The molecule has 0 bridgehead atoms. The van der Waals surface area contributed by atoms with Crippen molar-refractivity contribution >= 4 is 62.9 Å². The minimum Gasteiger partial charge on any atom is -0.506 e. The molecule has 3 aromatic rings. The summed E-state index contributed by atoms with van der Waals surface area (Å²) in [5.41, 5.74) is 2.34. The highest BCUT2D eigenvalue weighted by Crippen LogP contribution is 2.41. The van der Waals surface area contributed by atoms with E-state index in [0.717, 1.165) is 29.3 Å². The number of fused-ring (bicyclic) bond motifs is 1. The Bertz CT molecular complexity index is 1430. The molecule has 9 heteroatoms. The van der Waals surface area contributed by atoms with E-state index >= 15 is 0 Å². The Kier molecular flexibility index (Phi) is 6.89. The Morgan fingerprint density at radius 1 is 1.22 bits per heavy atom. The predicted octanol–water partition coefficient (Wildman–Crippen LogP) is 5.77. The zero-order valence-electron chi connectivity index (χ0n) is 19.5. The van der Waals surface area contributed by atoms with Gasteiger partial charge in [0.25, 0.3) is 0 Å². The van der Waals surface area contributed by atoms with Gasteiger partial charge in [0.2, 0.25) is 5.91 Å². The van der Waals surface area contributed by atoms with Crippen LogP contribution in [-0.2, 0) is 20.9 Å². The third-order valence-electron chi connectivity index (χ3n) is 5.79. The molecular weight excluding hydrogens is 498 g/mol. The predicted molar refractivity (Wildman–Crippen MR) is 144 cm³/mol. The number of para-hydroxylation sites is 1. The molecule has 2 heterocycles. The standard InChI is InChI=1S/C27H24ClN3O4S/c1-2-35-27(34)24-25(33)22(36-26(24)30-19-9-7-17(28)8-10-19)13-16-14-31(15-23(32)29-18-11-12-18)21-6-4-3-5-20(16)21/h3-10,13-14,18,33H,2,11-12,15H2,1H3,(H,29,32)/b22-13+,30-26?. The van der Waals surface area contributed by atoms with Crippen molar-refractivity contribution in [3.63, 3.8) is 0 Å². The first kappa shape index (κ1) is 24.2. The number of hydrogen-bond acceptors (Lipinski definition) is 6. The zero-order chi connectivity index (χ0) is 25.2. The van der Waals surface area contributed by atoms with Crippen LogP contribution in [0.5, 0.6) is 0 Å². The minimum atomic E-state index is -0.641. The highest BCUT2D eigenvalue weighted by molar-refractivity contribution is 8.18. The van der Waals surface area contributed by atoms with Gasteiger partial charge in [-0.3, -0.25) is 4.79 Å². The summed E-state index contributed by atoms with van der Waals surface area (Å²) in [5.74, 6) is -0.857. The number of carbonyl (C=O) groups is 2. The molecule has 7 nitrogen and oxygen atoms in total. The average molecular weight is 522 g/mol. The number of amides is 1. The lowest BCUT2D eigenvalue weighted by atomic mass is 10.1. The first-order valence-electron chi connectivity index (χ1n) is 11.6. The molecule has 0 unspecified atom stereocenters. The summed E-state index contributed by atoms with van der Waals surface area (Å²) in [6.07, 6.45) is 5.75. The Morgan fingerprint density at radius 2 is 1.97 bits per heavy atom. The highest BCUT2D eigenvalue weighted by Gasteiger charge is 2.33. The number of ether oxygens (including phenoxy) is 1. The molecule has 2 aromatic carbocycles. The van der Waals surface area contributed by atoms with E-state index in [0.29, 0.717) is 20.7 Å². The number of thioether (sulfide) groups is 1. The minimum absolute atomic E-state index is 0.0237. The maximum absolute atomic E-state index is 12.7. The molecule has 1 aliphatic heterocycles. The summed E-state index contributed by atoms with van der Waals surface area (Å²) in [6.45, 7) is 2.08. The summed E-state index contributed by atoms with van der Waals surface area (Å²) in [7, 11) is 0. The molecule has 2 N–H and O–H groups in total. The van der Waals surface area contributed by atoms with Gasteiger partial charge in [0.05, 0.1) is 17.2 Å². The van der Waals surface area contributed by atoms with Gasteiger partial charge in [-0.1, -0.05) is 41.6 Å². The molecule has 36 heavy (non-hydrogen) atoms. The van der Waals surface area contributed by atoms with Crippen molar-refractivity contribution in [1.29, 1.82) is 0 Å². The van der Waals surface area contributed by atoms with Crippen LogP contribution in [0.2, 0.25) is 5.02 Å². The lowest BCUT2D eigenvalue weighted by Crippen LogP contribution is -2.29. The van der Waals surface area contributed by atoms with Crippen LogP contribution < -0.4 is 5.32 Å². The molecule has 0 radical (unpaired) electrons. The average Bonchev–Trinajstić information content (AvgIpc) is 3.53. The lowest BCUT2D eigenvalue weighted by Gasteiger charge is -2.05.